The molecule has 8 rings (SSSR count). The zero-order valence-electron chi connectivity index (χ0n) is 20.2. The quantitative estimate of drug-likeness (QED) is 0.254. The maximum atomic E-state index is 3.67. The van der Waals surface area contributed by atoms with Crippen LogP contribution in [0.25, 0.3) is 65.7 Å². The minimum absolute atomic E-state index is 1.09. The molecule has 1 aliphatic rings. The van der Waals surface area contributed by atoms with Crippen LogP contribution >= 0.6 is 0 Å². The summed E-state index contributed by atoms with van der Waals surface area (Å²) in [5.74, 6) is 0. The van der Waals surface area contributed by atoms with Gasteiger partial charge in [-0.3, -0.25) is 0 Å². The van der Waals surface area contributed by atoms with Crippen molar-refractivity contribution in [3.8, 4) is 33.4 Å². The summed E-state index contributed by atoms with van der Waals surface area (Å²) in [6.07, 6.45) is 0. The lowest BCUT2D eigenvalue weighted by molar-refractivity contribution is 1.54. The van der Waals surface area contributed by atoms with E-state index >= 15 is 0 Å². The van der Waals surface area contributed by atoms with E-state index in [1.807, 2.05) is 0 Å². The number of nitrogens with one attached hydrogen (secondary N) is 1. The van der Waals surface area contributed by atoms with Gasteiger partial charge in [-0.1, -0.05) is 103 Å². The second kappa shape index (κ2) is 7.81. The number of anilines is 2. The van der Waals surface area contributed by atoms with Crippen LogP contribution in [0.1, 0.15) is 0 Å². The van der Waals surface area contributed by atoms with Crippen molar-refractivity contribution in [3.05, 3.63) is 133 Å². The van der Waals surface area contributed by atoms with Crippen molar-refractivity contribution in [1.82, 2.24) is 0 Å². The van der Waals surface area contributed by atoms with E-state index in [4.69, 9.17) is 0 Å². The van der Waals surface area contributed by atoms with Crippen LogP contribution in [0.2, 0.25) is 0 Å². The Morgan fingerprint density at radius 3 is 1.92 bits per heavy atom. The standard InChI is InChI=1S/C36H23N/c1-2-11-30-23(6-1)14-15-24-16-17-27(21-34(24)30)26-9-3-10-28(20-26)37-29-18-19-31-32-12-4-7-25-8-5-13-33(36(25)32)35(31)22-29/h1-22,37H. The number of hydrogen-bond acceptors (Lipinski definition) is 1. The van der Waals surface area contributed by atoms with Crippen molar-refractivity contribution in [1.29, 1.82) is 0 Å². The van der Waals surface area contributed by atoms with Gasteiger partial charge in [-0.15, -0.1) is 0 Å². The maximum Gasteiger partial charge on any atom is 0.0390 e. The smallest absolute Gasteiger partial charge is 0.0390 e. The van der Waals surface area contributed by atoms with Crippen molar-refractivity contribution in [3.63, 3.8) is 0 Å². The van der Waals surface area contributed by atoms with Crippen molar-refractivity contribution in [2.75, 3.05) is 5.32 Å². The van der Waals surface area contributed by atoms with Gasteiger partial charge in [-0.2, -0.15) is 0 Å². The highest BCUT2D eigenvalue weighted by Gasteiger charge is 2.21. The van der Waals surface area contributed by atoms with Crippen molar-refractivity contribution in [2.24, 2.45) is 0 Å². The molecule has 1 aliphatic carbocycles. The van der Waals surface area contributed by atoms with Crippen LogP contribution < -0.4 is 5.32 Å². The molecule has 172 valence electrons. The maximum absolute atomic E-state index is 3.67. The van der Waals surface area contributed by atoms with E-state index in [0.29, 0.717) is 0 Å². The summed E-state index contributed by atoms with van der Waals surface area (Å²) in [6, 6.07) is 48.5. The fraction of sp³-hybridized carbons (Fsp3) is 0. The lowest BCUT2D eigenvalue weighted by atomic mass is 9.97. The summed E-state index contributed by atoms with van der Waals surface area (Å²) in [4.78, 5) is 0. The lowest BCUT2D eigenvalue weighted by Crippen LogP contribution is -1.91. The molecule has 0 aliphatic heterocycles. The zero-order chi connectivity index (χ0) is 24.3. The summed E-state index contributed by atoms with van der Waals surface area (Å²) in [5.41, 5.74) is 9.89. The van der Waals surface area contributed by atoms with Crippen LogP contribution in [0, 0.1) is 0 Å². The first-order chi connectivity index (χ1) is 18.3. The molecule has 0 amide bonds. The molecule has 0 saturated carbocycles. The second-order valence-electron chi connectivity index (χ2n) is 9.90. The number of fused-ring (bicyclic) bond motifs is 6. The summed E-state index contributed by atoms with van der Waals surface area (Å²) in [6.45, 7) is 0. The predicted octanol–water partition coefficient (Wildman–Crippen LogP) is 10.2. The molecule has 7 aromatic rings. The van der Waals surface area contributed by atoms with Gasteiger partial charge >= 0.3 is 0 Å². The number of rotatable bonds is 3. The van der Waals surface area contributed by atoms with Gasteiger partial charge in [0.15, 0.2) is 0 Å². The Morgan fingerprint density at radius 2 is 1.03 bits per heavy atom. The molecule has 0 saturated heterocycles. The Bertz CT molecular complexity index is 2010. The molecular weight excluding hydrogens is 446 g/mol. The van der Waals surface area contributed by atoms with E-state index < -0.39 is 0 Å². The molecule has 1 N–H and O–H groups in total. The minimum Gasteiger partial charge on any atom is -0.355 e. The zero-order valence-corrected chi connectivity index (χ0v) is 20.2. The molecule has 0 unspecified atom stereocenters. The van der Waals surface area contributed by atoms with Crippen molar-refractivity contribution in [2.45, 2.75) is 0 Å². The van der Waals surface area contributed by atoms with E-state index in [0.717, 1.165) is 11.4 Å². The topological polar surface area (TPSA) is 12.0 Å². The van der Waals surface area contributed by atoms with Crippen LogP contribution in [0.5, 0.6) is 0 Å². The van der Waals surface area contributed by atoms with Crippen molar-refractivity contribution >= 4 is 43.7 Å². The Labute approximate surface area is 215 Å². The molecule has 0 spiro atoms. The number of hydrogen-bond donors (Lipinski definition) is 1. The van der Waals surface area contributed by atoms with Crippen LogP contribution in [-0.4, -0.2) is 0 Å². The van der Waals surface area contributed by atoms with Gasteiger partial charge in [0.2, 0.25) is 0 Å². The van der Waals surface area contributed by atoms with Crippen LogP contribution in [0.4, 0.5) is 11.4 Å². The molecule has 0 bridgehead atoms. The van der Waals surface area contributed by atoms with E-state index in [9.17, 15) is 0 Å². The molecule has 0 fully saturated rings. The lowest BCUT2D eigenvalue weighted by Gasteiger charge is -2.12. The van der Waals surface area contributed by atoms with E-state index in [1.165, 1.54) is 65.7 Å². The molecule has 0 aromatic heterocycles. The molecule has 0 atom stereocenters. The Kier molecular flexibility index (Phi) is 4.29. The Balaban J connectivity index is 1.17. The fourth-order valence-electron chi connectivity index (χ4n) is 5.99. The molecule has 0 radical (unpaired) electrons. The van der Waals surface area contributed by atoms with Gasteiger partial charge in [-0.05, 0) is 96.0 Å². The first-order valence-electron chi connectivity index (χ1n) is 12.8. The molecule has 1 heteroatoms. The first-order valence-corrected chi connectivity index (χ1v) is 12.8. The monoisotopic (exact) mass is 469 g/mol. The summed E-state index contributed by atoms with van der Waals surface area (Å²) in [5, 5.41) is 11.5. The number of benzene rings is 7. The highest BCUT2D eigenvalue weighted by atomic mass is 14.9. The third-order valence-electron chi connectivity index (χ3n) is 7.74. The SMILES string of the molecule is c1cc(Nc2ccc3c(c2)-c2cccc4cccc-3c24)cc(-c2ccc3ccc4ccccc4c3c2)c1. The van der Waals surface area contributed by atoms with Gasteiger partial charge < -0.3 is 5.32 Å². The van der Waals surface area contributed by atoms with Crippen LogP contribution in [0.3, 0.4) is 0 Å². The molecule has 37 heavy (non-hydrogen) atoms. The largest absolute Gasteiger partial charge is 0.355 e. The van der Waals surface area contributed by atoms with E-state index in [1.54, 1.807) is 0 Å². The van der Waals surface area contributed by atoms with Gasteiger partial charge in [-0.25, -0.2) is 0 Å². The van der Waals surface area contributed by atoms with Gasteiger partial charge in [0.1, 0.15) is 0 Å². The highest BCUT2D eigenvalue weighted by Crippen LogP contribution is 2.48. The fourth-order valence-corrected chi connectivity index (χ4v) is 5.99. The summed E-state index contributed by atoms with van der Waals surface area (Å²) in [7, 11) is 0. The van der Waals surface area contributed by atoms with Gasteiger partial charge in [0, 0.05) is 11.4 Å². The van der Waals surface area contributed by atoms with E-state index in [2.05, 4.69) is 139 Å². The normalized spacial score (nSPS) is 11.8. The third kappa shape index (κ3) is 3.18. The molecule has 7 aromatic carbocycles. The average Bonchev–Trinajstić information content (AvgIpc) is 3.28. The minimum atomic E-state index is 1.09. The molecule has 1 nitrogen and oxygen atoms in total. The predicted molar refractivity (Wildman–Crippen MR) is 159 cm³/mol. The van der Waals surface area contributed by atoms with Crippen molar-refractivity contribution < 1.29 is 0 Å². The van der Waals surface area contributed by atoms with Gasteiger partial charge in [0.05, 0.1) is 0 Å². The third-order valence-corrected chi connectivity index (χ3v) is 7.74. The van der Waals surface area contributed by atoms with Crippen LogP contribution in [-0.2, 0) is 0 Å². The molecule has 0 heterocycles. The Hall–Kier alpha value is -4.88. The Morgan fingerprint density at radius 1 is 0.351 bits per heavy atom. The van der Waals surface area contributed by atoms with Gasteiger partial charge in [0.25, 0.3) is 0 Å². The summed E-state index contributed by atoms with van der Waals surface area (Å²) >= 11 is 0. The van der Waals surface area contributed by atoms with Crippen LogP contribution in [0.15, 0.2) is 133 Å². The highest BCUT2D eigenvalue weighted by molar-refractivity contribution is 6.15. The summed E-state index contributed by atoms with van der Waals surface area (Å²) < 4.78 is 0. The average molecular weight is 470 g/mol. The first kappa shape index (κ1) is 20.3. The molecular formula is C36H23N. The van der Waals surface area contributed by atoms with E-state index in [-0.39, 0.29) is 0 Å². The second-order valence-corrected chi connectivity index (χ2v) is 9.90.